The summed E-state index contributed by atoms with van der Waals surface area (Å²) in [4.78, 5) is 0. The first kappa shape index (κ1) is 37.6. The van der Waals surface area contributed by atoms with E-state index in [1.165, 1.54) is 204 Å². The van der Waals surface area contributed by atoms with Gasteiger partial charge in [-0.3, -0.25) is 0 Å². The largest absolute Gasteiger partial charge is 0.261 e. The molecule has 1 aromatic heterocycles. The summed E-state index contributed by atoms with van der Waals surface area (Å²) >= 11 is 0. The van der Waals surface area contributed by atoms with Gasteiger partial charge in [-0.1, -0.05) is 193 Å². The molecule has 0 N–H and O–H groups in total. The van der Waals surface area contributed by atoms with Gasteiger partial charge in [0.05, 0.1) is 6.54 Å². The Morgan fingerprint density at radius 1 is 0.442 bits per heavy atom. The smallest absolute Gasteiger partial charge is 0.234 e. The summed E-state index contributed by atoms with van der Waals surface area (Å²) in [7, 11) is 0. The summed E-state index contributed by atoms with van der Waals surface area (Å²) in [6.45, 7) is 5.78. The molecule has 1 heterocycles. The van der Waals surface area contributed by atoms with E-state index >= 15 is 0 Å². The molecule has 0 saturated heterocycles. The van der Waals surface area contributed by atoms with E-state index in [0.717, 1.165) is 0 Å². The minimum atomic E-state index is 1.17. The molecule has 2 heteroatoms. The molecule has 2 aromatic rings. The van der Waals surface area contributed by atoms with Crippen molar-refractivity contribution in [1.29, 1.82) is 0 Å². The summed E-state index contributed by atoms with van der Waals surface area (Å²) in [5.74, 6) is 1.50. The number of unbranched alkanes of at least 4 members (excludes halogenated alkanes) is 26. The van der Waals surface area contributed by atoms with Gasteiger partial charge in [-0.25, -0.2) is 4.57 Å². The molecule has 0 spiro atoms. The van der Waals surface area contributed by atoms with Crippen molar-refractivity contribution in [2.24, 2.45) is 0 Å². The number of para-hydroxylation sites is 1. The second kappa shape index (κ2) is 27.9. The molecule has 2 rings (SSSR count). The Morgan fingerprint density at radius 3 is 1.23 bits per heavy atom. The first-order chi connectivity index (χ1) is 21.4. The monoisotopic (exact) mass is 594 g/mol. The third-order valence-electron chi connectivity index (χ3n) is 9.55. The summed E-state index contributed by atoms with van der Waals surface area (Å²) < 4.78 is 5.02. The van der Waals surface area contributed by atoms with Crippen LogP contribution in [0.4, 0.5) is 0 Å². The molecular weight excluding hydrogens is 520 g/mol. The van der Waals surface area contributed by atoms with Crippen LogP contribution in [0.1, 0.15) is 199 Å². The van der Waals surface area contributed by atoms with E-state index in [1.807, 2.05) is 0 Å². The highest BCUT2D eigenvalue weighted by Crippen LogP contribution is 2.17. The van der Waals surface area contributed by atoms with Crippen molar-refractivity contribution in [1.82, 2.24) is 4.57 Å². The lowest BCUT2D eigenvalue weighted by Crippen LogP contribution is -2.37. The van der Waals surface area contributed by atoms with Gasteiger partial charge in [0.1, 0.15) is 18.1 Å². The Kier molecular flexibility index (Phi) is 24.4. The summed E-state index contributed by atoms with van der Waals surface area (Å²) in [6, 6.07) is 11.0. The summed E-state index contributed by atoms with van der Waals surface area (Å²) in [5, 5.41) is 0. The van der Waals surface area contributed by atoms with E-state index in [9.17, 15) is 0 Å². The molecule has 0 amide bonds. The molecule has 0 fully saturated rings. The van der Waals surface area contributed by atoms with Crippen LogP contribution in [0.15, 0.2) is 42.7 Å². The molecule has 0 aliphatic heterocycles. The molecule has 0 aliphatic rings. The van der Waals surface area contributed by atoms with E-state index in [1.54, 1.807) is 0 Å². The van der Waals surface area contributed by atoms with Crippen LogP contribution < -0.4 is 4.57 Å². The van der Waals surface area contributed by atoms with Gasteiger partial charge in [0.2, 0.25) is 0 Å². The summed E-state index contributed by atoms with van der Waals surface area (Å²) in [6.07, 6.45) is 45.7. The van der Waals surface area contributed by atoms with Crippen molar-refractivity contribution >= 4 is 0 Å². The number of hydrogen-bond acceptors (Lipinski definition) is 0. The second-order valence-corrected chi connectivity index (χ2v) is 13.6. The van der Waals surface area contributed by atoms with Crippen molar-refractivity contribution in [3.05, 3.63) is 48.5 Å². The van der Waals surface area contributed by atoms with Gasteiger partial charge in [-0.15, -0.1) is 0 Å². The molecule has 0 saturated carbocycles. The van der Waals surface area contributed by atoms with Gasteiger partial charge >= 0.3 is 0 Å². The quantitative estimate of drug-likeness (QED) is 0.0607. The van der Waals surface area contributed by atoms with Crippen LogP contribution in [-0.2, 0) is 13.0 Å². The Bertz CT molecular complexity index is 839. The van der Waals surface area contributed by atoms with Crippen LogP contribution >= 0.6 is 0 Å². The van der Waals surface area contributed by atoms with Crippen LogP contribution in [0, 0.1) is 0 Å². The maximum atomic E-state index is 2.57. The Hall–Kier alpha value is -1.57. The zero-order chi connectivity index (χ0) is 30.5. The fraction of sp³-hybridized carbons (Fsp3) is 0.780. The Balaban J connectivity index is 1.56. The zero-order valence-corrected chi connectivity index (χ0v) is 29.1. The van der Waals surface area contributed by atoms with Gasteiger partial charge in [0.15, 0.2) is 0 Å². The lowest BCUT2D eigenvalue weighted by Gasteiger charge is -2.07. The van der Waals surface area contributed by atoms with Gasteiger partial charge in [-0.2, -0.15) is 4.57 Å². The predicted molar refractivity (Wildman–Crippen MR) is 190 cm³/mol. The van der Waals surface area contributed by atoms with E-state index in [2.05, 4.69) is 65.7 Å². The first-order valence-electron chi connectivity index (χ1n) is 19.5. The van der Waals surface area contributed by atoms with Crippen LogP contribution in [0.3, 0.4) is 0 Å². The fourth-order valence-electron chi connectivity index (χ4n) is 6.70. The average Bonchev–Trinajstić information content (AvgIpc) is 3.44. The molecule has 0 atom stereocenters. The number of nitrogens with zero attached hydrogens (tertiary/aromatic N) is 2. The molecule has 246 valence electrons. The topological polar surface area (TPSA) is 8.81 Å². The Morgan fingerprint density at radius 2 is 0.814 bits per heavy atom. The molecule has 0 bridgehead atoms. The first-order valence-corrected chi connectivity index (χ1v) is 19.5. The lowest BCUT2D eigenvalue weighted by atomic mass is 10.0. The van der Waals surface area contributed by atoms with E-state index in [-0.39, 0.29) is 0 Å². The highest BCUT2D eigenvalue weighted by molar-refractivity contribution is 5.31. The summed E-state index contributed by atoms with van der Waals surface area (Å²) in [5.41, 5.74) is 1.31. The highest BCUT2D eigenvalue weighted by atomic mass is 15.1. The SMILES string of the molecule is CCCCCCCCCCCCCCCCC[n+]1ccn(-c2ccccc2)c1CCCCCCCCCCCCCCC. The van der Waals surface area contributed by atoms with Crippen LogP contribution in [0.2, 0.25) is 0 Å². The minimum absolute atomic E-state index is 1.17. The molecule has 0 aliphatic carbocycles. The van der Waals surface area contributed by atoms with Gasteiger partial charge in [0, 0.05) is 6.42 Å². The van der Waals surface area contributed by atoms with Crippen molar-refractivity contribution < 1.29 is 4.57 Å². The molecule has 0 unspecified atom stereocenters. The molecular formula is C41H73N2+. The molecule has 0 radical (unpaired) electrons. The fourth-order valence-corrected chi connectivity index (χ4v) is 6.70. The third-order valence-corrected chi connectivity index (χ3v) is 9.55. The maximum Gasteiger partial charge on any atom is 0.261 e. The number of imidazole rings is 1. The third kappa shape index (κ3) is 19.4. The van der Waals surface area contributed by atoms with Crippen LogP contribution in [0.5, 0.6) is 0 Å². The highest BCUT2D eigenvalue weighted by Gasteiger charge is 2.18. The van der Waals surface area contributed by atoms with E-state index < -0.39 is 0 Å². The number of benzene rings is 1. The molecule has 2 nitrogen and oxygen atoms in total. The van der Waals surface area contributed by atoms with Crippen molar-refractivity contribution in [3.8, 4) is 5.69 Å². The van der Waals surface area contributed by atoms with E-state index in [0.29, 0.717) is 0 Å². The normalized spacial score (nSPS) is 11.5. The van der Waals surface area contributed by atoms with Gasteiger partial charge < -0.3 is 0 Å². The molecule has 43 heavy (non-hydrogen) atoms. The number of aryl methyl sites for hydroxylation is 1. The van der Waals surface area contributed by atoms with Gasteiger partial charge in [0.25, 0.3) is 5.82 Å². The molecule has 1 aromatic carbocycles. The van der Waals surface area contributed by atoms with Gasteiger partial charge in [-0.05, 0) is 31.4 Å². The predicted octanol–water partition coefficient (Wildman–Crippen LogP) is 13.3. The standard InChI is InChI=1S/C41H73N2/c1-3-5-7-9-11-13-15-17-18-20-22-24-26-28-33-37-42-38-39-43(40-34-30-29-31-35-40)41(42)36-32-27-25-23-21-19-16-14-12-10-8-6-4-2/h29-31,34-35,38-39H,3-28,32-33,36-37H2,1-2H3/q+1. The average molecular weight is 594 g/mol. The van der Waals surface area contributed by atoms with Crippen molar-refractivity contribution in [2.75, 3.05) is 0 Å². The zero-order valence-electron chi connectivity index (χ0n) is 29.1. The van der Waals surface area contributed by atoms with Crippen molar-refractivity contribution in [3.63, 3.8) is 0 Å². The van der Waals surface area contributed by atoms with Crippen molar-refractivity contribution in [2.45, 2.75) is 207 Å². The number of aromatic nitrogens is 2. The lowest BCUT2D eigenvalue weighted by molar-refractivity contribution is -0.704. The minimum Gasteiger partial charge on any atom is -0.234 e. The number of rotatable bonds is 31. The van der Waals surface area contributed by atoms with Crippen LogP contribution in [0.25, 0.3) is 5.69 Å². The Labute approximate surface area is 269 Å². The van der Waals surface area contributed by atoms with Crippen LogP contribution in [-0.4, -0.2) is 4.57 Å². The number of hydrogen-bond donors (Lipinski definition) is 0. The maximum absolute atomic E-state index is 2.57. The second-order valence-electron chi connectivity index (χ2n) is 13.6. The van der Waals surface area contributed by atoms with E-state index in [4.69, 9.17) is 0 Å².